The van der Waals surface area contributed by atoms with E-state index >= 15 is 0 Å². The summed E-state index contributed by atoms with van der Waals surface area (Å²) in [4.78, 5) is 26.5. The third kappa shape index (κ3) is 11.2. The molecule has 3 fully saturated rings. The number of hydrogen-bond acceptors (Lipinski definition) is 8. The molecule has 0 saturated carbocycles. The van der Waals surface area contributed by atoms with E-state index in [0.29, 0.717) is 24.4 Å². The van der Waals surface area contributed by atoms with Gasteiger partial charge >= 0.3 is 12.1 Å². The second-order valence-corrected chi connectivity index (χ2v) is 13.4. The van der Waals surface area contributed by atoms with Gasteiger partial charge in [0, 0.05) is 18.8 Å². The van der Waals surface area contributed by atoms with Crippen LogP contribution in [0.4, 0.5) is 10.5 Å². The predicted molar refractivity (Wildman–Crippen MR) is 172 cm³/mol. The Bertz CT molecular complexity index is 1040. The van der Waals surface area contributed by atoms with Crippen LogP contribution in [-0.2, 0) is 34.9 Å². The molecule has 0 spiro atoms. The van der Waals surface area contributed by atoms with Crippen LogP contribution >= 0.6 is 0 Å². The highest BCUT2D eigenvalue weighted by molar-refractivity contribution is 5.85. The largest absolute Gasteiger partial charge is 0.481 e. The Hall–Kier alpha value is -2.24. The van der Waals surface area contributed by atoms with Crippen molar-refractivity contribution in [3.05, 3.63) is 29.8 Å². The van der Waals surface area contributed by atoms with Gasteiger partial charge in [-0.05, 0) is 63.9 Å². The maximum atomic E-state index is 13.2. The van der Waals surface area contributed by atoms with Gasteiger partial charge in [-0.2, -0.15) is 0 Å². The number of anilines is 1. The molecule has 0 unspecified atom stereocenters. The summed E-state index contributed by atoms with van der Waals surface area (Å²) < 4.78 is 31.6. The number of carboxylic acid groups (broad SMARTS) is 1. The summed E-state index contributed by atoms with van der Waals surface area (Å²) in [7, 11) is 0. The molecule has 3 aliphatic rings. The molecular weight excluding hydrogens is 576 g/mol. The lowest BCUT2D eigenvalue weighted by molar-refractivity contribution is -0.279. The van der Waals surface area contributed by atoms with Crippen LogP contribution in [0.3, 0.4) is 0 Å². The minimum Gasteiger partial charge on any atom is -0.481 e. The number of hydrogen-bond donors (Lipinski definition) is 2. The Labute approximate surface area is 269 Å². The summed E-state index contributed by atoms with van der Waals surface area (Å²) in [5.74, 6) is -3.01. The van der Waals surface area contributed by atoms with Crippen LogP contribution in [0.1, 0.15) is 110 Å². The number of carboxylic acids is 1. The van der Waals surface area contributed by atoms with Crippen molar-refractivity contribution in [1.82, 2.24) is 4.90 Å². The molecule has 3 saturated heterocycles. The second kappa shape index (κ2) is 17.6. The summed E-state index contributed by atoms with van der Waals surface area (Å²) >= 11 is 0. The number of carbonyl (C=O) groups is 2. The smallest absolute Gasteiger partial charge is 0.412 e. The highest BCUT2D eigenvalue weighted by atomic mass is 16.9. The minimum absolute atomic E-state index is 0.0829. The Morgan fingerprint density at radius 1 is 0.933 bits per heavy atom. The van der Waals surface area contributed by atoms with Crippen molar-refractivity contribution in [3.8, 4) is 0 Å². The molecular formula is C35H56N2O8. The molecule has 0 bridgehead atoms. The van der Waals surface area contributed by atoms with Gasteiger partial charge in [-0.15, -0.1) is 0 Å². The maximum Gasteiger partial charge on any atom is 0.412 e. The normalized spacial score (nSPS) is 26.1. The van der Waals surface area contributed by atoms with Crippen LogP contribution in [0.2, 0.25) is 0 Å². The Morgan fingerprint density at radius 3 is 2.22 bits per heavy atom. The molecule has 10 nitrogen and oxygen atoms in total. The number of rotatable bonds is 19. The molecule has 1 aromatic rings. The highest BCUT2D eigenvalue weighted by Crippen LogP contribution is 2.47. The van der Waals surface area contributed by atoms with Gasteiger partial charge in [0.05, 0.1) is 6.42 Å². The van der Waals surface area contributed by atoms with Crippen molar-refractivity contribution >= 4 is 17.7 Å². The number of nitrogens with zero attached hydrogens (tertiary/aromatic N) is 1. The molecule has 0 aliphatic carbocycles. The molecule has 254 valence electrons. The van der Waals surface area contributed by atoms with E-state index in [0.717, 1.165) is 38.8 Å². The van der Waals surface area contributed by atoms with Gasteiger partial charge in [0.25, 0.3) is 0 Å². The Morgan fingerprint density at radius 2 is 1.58 bits per heavy atom. The fourth-order valence-corrected chi connectivity index (χ4v) is 6.70. The van der Waals surface area contributed by atoms with Crippen molar-refractivity contribution in [2.45, 2.75) is 141 Å². The number of ether oxygens (including phenoxy) is 5. The maximum absolute atomic E-state index is 13.2. The summed E-state index contributed by atoms with van der Waals surface area (Å²) in [5, 5.41) is 11.8. The van der Waals surface area contributed by atoms with Gasteiger partial charge in [0.15, 0.2) is 18.0 Å². The molecule has 3 aliphatic heterocycles. The molecule has 1 amide bonds. The van der Waals surface area contributed by atoms with Crippen LogP contribution in [0.15, 0.2) is 24.3 Å². The zero-order valence-electron chi connectivity index (χ0n) is 27.7. The highest BCUT2D eigenvalue weighted by Gasteiger charge is 2.66. The number of carbonyl (C=O) groups excluding carboxylic acids is 1. The van der Waals surface area contributed by atoms with Gasteiger partial charge in [0.1, 0.15) is 12.7 Å². The Balaban J connectivity index is 1.33. The van der Waals surface area contributed by atoms with Crippen molar-refractivity contribution in [3.63, 3.8) is 0 Å². The van der Waals surface area contributed by atoms with Gasteiger partial charge in [-0.25, -0.2) is 4.79 Å². The van der Waals surface area contributed by atoms with Gasteiger partial charge in [0.2, 0.25) is 5.79 Å². The van der Waals surface area contributed by atoms with Crippen molar-refractivity contribution in [2.75, 3.05) is 38.2 Å². The number of amides is 1. The third-order valence-electron chi connectivity index (χ3n) is 8.91. The summed E-state index contributed by atoms with van der Waals surface area (Å²) in [6, 6.07) is 6.68. The summed E-state index contributed by atoms with van der Waals surface area (Å²) in [6.07, 6.45) is 13.6. The van der Waals surface area contributed by atoms with E-state index in [-0.39, 0.29) is 13.0 Å². The molecule has 4 rings (SSSR count). The van der Waals surface area contributed by atoms with E-state index in [1.807, 2.05) is 13.8 Å². The van der Waals surface area contributed by atoms with Crippen molar-refractivity contribution < 1.29 is 38.4 Å². The van der Waals surface area contributed by atoms with Crippen LogP contribution in [0.25, 0.3) is 0 Å². The quantitative estimate of drug-likeness (QED) is 0.157. The number of aliphatic carboxylic acids is 1. The first kappa shape index (κ1) is 35.6. The molecule has 2 N–H and O–H groups in total. The Kier molecular flexibility index (Phi) is 13.9. The first-order chi connectivity index (χ1) is 21.7. The van der Waals surface area contributed by atoms with E-state index in [4.69, 9.17) is 28.8 Å². The van der Waals surface area contributed by atoms with Crippen molar-refractivity contribution in [2.24, 2.45) is 0 Å². The number of fused-ring (bicyclic) bond motifs is 1. The molecule has 4 atom stereocenters. The fraction of sp³-hybridized carbons (Fsp3) is 0.771. The zero-order chi connectivity index (χ0) is 32.1. The molecule has 0 radical (unpaired) electrons. The van der Waals surface area contributed by atoms with Crippen LogP contribution in [0, 0.1) is 0 Å². The molecule has 45 heavy (non-hydrogen) atoms. The first-order valence-electron chi connectivity index (χ1n) is 17.3. The first-order valence-corrected chi connectivity index (χ1v) is 17.3. The average Bonchev–Trinajstić information content (AvgIpc) is 3.40. The van der Waals surface area contributed by atoms with Crippen LogP contribution in [-0.4, -0.2) is 84.8 Å². The number of unbranched alkanes of at least 4 members (excludes halogenated alkanes) is 9. The third-order valence-corrected chi connectivity index (χ3v) is 8.91. The lowest BCUT2D eigenvalue weighted by Gasteiger charge is -2.33. The average molecular weight is 633 g/mol. The number of piperidine rings is 1. The standard InChI is InChI=1S/C35H56N2O8/c1-4-5-6-7-8-9-10-11-12-16-23-41-26-35-32(44-34(2,3)45-35)31(29(43-35)25-37-21-14-13-15-22-37)42-33(40)36-28-19-17-27(18-20-28)24-30(38)39/h17-20,29,31-32H,4-16,21-26H2,1-3H3,(H,36,40)(H,38,39)/t29-,31+,32-,35-/m0/s1. The SMILES string of the molecule is CCCCCCCCCCCCOC[C@@]12O[C@@H](CN3CCCCC3)[C@@H](OC(=O)Nc3ccc(CC(=O)O)cc3)[C@@H]1OC(C)(C)O2. The number of benzene rings is 1. The number of nitrogens with one attached hydrogen (secondary N) is 1. The zero-order valence-corrected chi connectivity index (χ0v) is 27.7. The summed E-state index contributed by atoms with van der Waals surface area (Å²) in [5.41, 5.74) is 1.16. The molecule has 3 heterocycles. The molecule has 10 heteroatoms. The van der Waals surface area contributed by atoms with Gasteiger partial charge < -0.3 is 33.7 Å². The van der Waals surface area contributed by atoms with E-state index in [1.54, 1.807) is 24.3 Å². The minimum atomic E-state index is -1.17. The monoisotopic (exact) mass is 632 g/mol. The van der Waals surface area contributed by atoms with Crippen LogP contribution in [0.5, 0.6) is 0 Å². The van der Waals surface area contributed by atoms with Gasteiger partial charge in [-0.3, -0.25) is 10.1 Å². The fourth-order valence-electron chi connectivity index (χ4n) is 6.70. The topological polar surface area (TPSA) is 116 Å². The second-order valence-electron chi connectivity index (χ2n) is 13.4. The van der Waals surface area contributed by atoms with Crippen molar-refractivity contribution in [1.29, 1.82) is 0 Å². The molecule has 0 aromatic heterocycles. The lowest BCUT2D eigenvalue weighted by atomic mass is 10.0. The summed E-state index contributed by atoms with van der Waals surface area (Å²) in [6.45, 7) is 9.29. The van der Waals surface area contributed by atoms with Gasteiger partial charge in [-0.1, -0.05) is 83.3 Å². The van der Waals surface area contributed by atoms with E-state index in [9.17, 15) is 9.59 Å². The van der Waals surface area contributed by atoms with Crippen LogP contribution < -0.4 is 5.32 Å². The van der Waals surface area contributed by atoms with E-state index < -0.39 is 41.9 Å². The lowest BCUT2D eigenvalue weighted by Crippen LogP contribution is -2.46. The van der Waals surface area contributed by atoms with E-state index in [1.165, 1.54) is 57.8 Å². The molecule has 1 aromatic carbocycles. The number of likely N-dealkylation sites (tertiary alicyclic amines) is 1. The van der Waals surface area contributed by atoms with E-state index in [2.05, 4.69) is 17.1 Å². The predicted octanol–water partition coefficient (Wildman–Crippen LogP) is 6.90.